The monoisotopic (exact) mass is 242 g/mol. The number of ether oxygens (including phenoxy) is 1. The molecule has 102 valence electrons. The van der Waals surface area contributed by atoms with Crippen LogP contribution in [0.1, 0.15) is 39.5 Å². The standard InChI is InChI=1S/C14H30N2O/c1-4-13(5-2)10-16-11-14(12-17-3)6-8-15-9-7-14/h13,15-16H,4-12H2,1-3H3. The number of nitrogens with one attached hydrogen (secondary N) is 2. The minimum absolute atomic E-state index is 0.367. The molecular weight excluding hydrogens is 212 g/mol. The van der Waals surface area contributed by atoms with E-state index in [0.717, 1.165) is 38.7 Å². The van der Waals surface area contributed by atoms with E-state index >= 15 is 0 Å². The molecule has 2 N–H and O–H groups in total. The summed E-state index contributed by atoms with van der Waals surface area (Å²) in [7, 11) is 1.82. The zero-order valence-electron chi connectivity index (χ0n) is 11.8. The molecule has 0 amide bonds. The van der Waals surface area contributed by atoms with Gasteiger partial charge in [0.15, 0.2) is 0 Å². The van der Waals surface area contributed by atoms with E-state index in [4.69, 9.17) is 4.74 Å². The molecule has 17 heavy (non-hydrogen) atoms. The molecule has 1 aliphatic heterocycles. The zero-order chi connectivity index (χ0) is 12.6. The molecule has 0 aliphatic carbocycles. The lowest BCUT2D eigenvalue weighted by molar-refractivity contribution is 0.0529. The summed E-state index contributed by atoms with van der Waals surface area (Å²) < 4.78 is 5.43. The highest BCUT2D eigenvalue weighted by Gasteiger charge is 2.31. The van der Waals surface area contributed by atoms with E-state index < -0.39 is 0 Å². The van der Waals surface area contributed by atoms with Crippen molar-refractivity contribution in [3.05, 3.63) is 0 Å². The number of hydrogen-bond donors (Lipinski definition) is 2. The highest BCUT2D eigenvalue weighted by Crippen LogP contribution is 2.28. The van der Waals surface area contributed by atoms with Gasteiger partial charge in [0.2, 0.25) is 0 Å². The first-order valence-corrected chi connectivity index (χ1v) is 7.16. The molecular formula is C14H30N2O. The third-order valence-corrected chi connectivity index (χ3v) is 4.20. The van der Waals surface area contributed by atoms with Crippen LogP contribution in [0.2, 0.25) is 0 Å². The first-order valence-electron chi connectivity index (χ1n) is 7.16. The van der Waals surface area contributed by atoms with E-state index in [-0.39, 0.29) is 0 Å². The van der Waals surface area contributed by atoms with Crippen LogP contribution in [0.4, 0.5) is 0 Å². The van der Waals surface area contributed by atoms with Crippen LogP contribution in [0.25, 0.3) is 0 Å². The minimum atomic E-state index is 0.367. The van der Waals surface area contributed by atoms with Gasteiger partial charge >= 0.3 is 0 Å². The van der Waals surface area contributed by atoms with Crippen molar-refractivity contribution in [2.75, 3.05) is 39.9 Å². The highest BCUT2D eigenvalue weighted by atomic mass is 16.5. The molecule has 0 aromatic rings. The second kappa shape index (κ2) is 8.06. The van der Waals surface area contributed by atoms with Gasteiger partial charge in [-0.1, -0.05) is 26.7 Å². The molecule has 1 aliphatic rings. The molecule has 1 heterocycles. The van der Waals surface area contributed by atoms with Gasteiger partial charge < -0.3 is 15.4 Å². The molecule has 0 saturated carbocycles. The smallest absolute Gasteiger partial charge is 0.0531 e. The summed E-state index contributed by atoms with van der Waals surface area (Å²) in [5.74, 6) is 0.830. The topological polar surface area (TPSA) is 33.3 Å². The fourth-order valence-electron chi connectivity index (χ4n) is 2.75. The number of methoxy groups -OCH3 is 1. The van der Waals surface area contributed by atoms with Crippen molar-refractivity contribution < 1.29 is 4.74 Å². The lowest BCUT2D eigenvalue weighted by atomic mass is 9.79. The summed E-state index contributed by atoms with van der Waals surface area (Å²) in [6.07, 6.45) is 5.03. The molecule has 1 rings (SSSR count). The van der Waals surface area contributed by atoms with E-state index in [1.165, 1.54) is 25.7 Å². The Labute approximate surface area is 107 Å². The molecule has 0 radical (unpaired) electrons. The van der Waals surface area contributed by atoms with E-state index in [2.05, 4.69) is 24.5 Å². The van der Waals surface area contributed by atoms with Crippen LogP contribution in [0.3, 0.4) is 0 Å². The third-order valence-electron chi connectivity index (χ3n) is 4.20. The third kappa shape index (κ3) is 4.94. The summed E-state index contributed by atoms with van der Waals surface area (Å²) in [6.45, 7) is 10.00. The molecule has 1 saturated heterocycles. The molecule has 3 nitrogen and oxygen atoms in total. The van der Waals surface area contributed by atoms with Gasteiger partial charge in [0.05, 0.1) is 6.61 Å². The molecule has 0 spiro atoms. The first-order chi connectivity index (χ1) is 8.26. The van der Waals surface area contributed by atoms with Gasteiger partial charge in [0, 0.05) is 19.1 Å². The average molecular weight is 242 g/mol. The molecule has 0 aromatic heterocycles. The van der Waals surface area contributed by atoms with Gasteiger partial charge in [-0.3, -0.25) is 0 Å². The Bertz CT molecular complexity index is 181. The van der Waals surface area contributed by atoms with Crippen molar-refractivity contribution in [1.29, 1.82) is 0 Å². The van der Waals surface area contributed by atoms with Gasteiger partial charge in [-0.15, -0.1) is 0 Å². The second-order valence-electron chi connectivity index (χ2n) is 5.50. The normalized spacial score (nSPS) is 19.8. The molecule has 1 fully saturated rings. The van der Waals surface area contributed by atoms with Crippen molar-refractivity contribution in [2.24, 2.45) is 11.3 Å². The molecule has 0 unspecified atom stereocenters. The fourth-order valence-corrected chi connectivity index (χ4v) is 2.75. The predicted octanol–water partition coefficient (Wildman–Crippen LogP) is 2.03. The van der Waals surface area contributed by atoms with Gasteiger partial charge in [0.25, 0.3) is 0 Å². The van der Waals surface area contributed by atoms with Gasteiger partial charge in [0.1, 0.15) is 0 Å². The summed E-state index contributed by atoms with van der Waals surface area (Å²) in [5, 5.41) is 7.11. The van der Waals surface area contributed by atoms with E-state index in [1.807, 2.05) is 7.11 Å². The van der Waals surface area contributed by atoms with Crippen LogP contribution < -0.4 is 10.6 Å². The fraction of sp³-hybridized carbons (Fsp3) is 1.00. The molecule has 3 heteroatoms. The first kappa shape index (κ1) is 14.9. The van der Waals surface area contributed by atoms with Crippen molar-refractivity contribution in [3.63, 3.8) is 0 Å². The summed E-state index contributed by atoms with van der Waals surface area (Å²) in [4.78, 5) is 0. The Morgan fingerprint density at radius 3 is 2.41 bits per heavy atom. The van der Waals surface area contributed by atoms with Crippen LogP contribution in [0.15, 0.2) is 0 Å². The summed E-state index contributed by atoms with van der Waals surface area (Å²) in [6, 6.07) is 0. The maximum Gasteiger partial charge on any atom is 0.0531 e. The van der Waals surface area contributed by atoms with Crippen molar-refractivity contribution in [2.45, 2.75) is 39.5 Å². The molecule has 0 atom stereocenters. The maximum atomic E-state index is 5.43. The predicted molar refractivity (Wildman–Crippen MR) is 73.4 cm³/mol. The summed E-state index contributed by atoms with van der Waals surface area (Å²) in [5.41, 5.74) is 0.367. The average Bonchev–Trinajstić information content (AvgIpc) is 2.36. The van der Waals surface area contributed by atoms with Crippen LogP contribution >= 0.6 is 0 Å². The molecule has 0 bridgehead atoms. The van der Waals surface area contributed by atoms with Crippen LogP contribution in [-0.4, -0.2) is 39.9 Å². The largest absolute Gasteiger partial charge is 0.384 e. The minimum Gasteiger partial charge on any atom is -0.384 e. The zero-order valence-corrected chi connectivity index (χ0v) is 11.8. The van der Waals surface area contributed by atoms with Crippen LogP contribution in [-0.2, 0) is 4.74 Å². The Balaban J connectivity index is 2.33. The summed E-state index contributed by atoms with van der Waals surface area (Å²) >= 11 is 0. The van der Waals surface area contributed by atoms with E-state index in [0.29, 0.717) is 5.41 Å². The van der Waals surface area contributed by atoms with Crippen LogP contribution in [0, 0.1) is 11.3 Å². The SMILES string of the molecule is CCC(CC)CNCC1(COC)CCNCC1. The van der Waals surface area contributed by atoms with E-state index in [9.17, 15) is 0 Å². The quantitative estimate of drug-likeness (QED) is 0.683. The Morgan fingerprint density at radius 1 is 1.24 bits per heavy atom. The van der Waals surface area contributed by atoms with Gasteiger partial charge in [-0.25, -0.2) is 0 Å². The Morgan fingerprint density at radius 2 is 1.88 bits per heavy atom. The Kier molecular flexibility index (Phi) is 7.09. The van der Waals surface area contributed by atoms with Crippen molar-refractivity contribution >= 4 is 0 Å². The van der Waals surface area contributed by atoms with Crippen molar-refractivity contribution in [1.82, 2.24) is 10.6 Å². The van der Waals surface area contributed by atoms with Crippen molar-refractivity contribution in [3.8, 4) is 0 Å². The second-order valence-corrected chi connectivity index (χ2v) is 5.50. The van der Waals surface area contributed by atoms with Crippen LogP contribution in [0.5, 0.6) is 0 Å². The number of rotatable bonds is 8. The lowest BCUT2D eigenvalue weighted by Crippen LogP contribution is -2.46. The van der Waals surface area contributed by atoms with Gasteiger partial charge in [-0.2, -0.15) is 0 Å². The highest BCUT2D eigenvalue weighted by molar-refractivity contribution is 4.86. The van der Waals surface area contributed by atoms with E-state index in [1.54, 1.807) is 0 Å². The number of piperidine rings is 1. The van der Waals surface area contributed by atoms with Gasteiger partial charge in [-0.05, 0) is 38.4 Å². The number of hydrogen-bond acceptors (Lipinski definition) is 3. The maximum absolute atomic E-state index is 5.43. The lowest BCUT2D eigenvalue weighted by Gasteiger charge is -2.37. The Hall–Kier alpha value is -0.120. The molecule has 0 aromatic carbocycles.